The minimum absolute atomic E-state index is 0. The quantitative estimate of drug-likeness (QED) is 0.168. The van der Waals surface area contributed by atoms with E-state index in [1.807, 2.05) is 48.7 Å². The van der Waals surface area contributed by atoms with Crippen LogP contribution in [0.25, 0.3) is 94.7 Å². The van der Waals surface area contributed by atoms with Gasteiger partial charge in [-0.1, -0.05) is 171 Å². The second-order valence-corrected chi connectivity index (χ2v) is 20.7. The second kappa shape index (κ2) is 17.2. The van der Waals surface area contributed by atoms with Crippen molar-refractivity contribution in [2.75, 3.05) is 0 Å². The van der Waals surface area contributed by atoms with Crippen molar-refractivity contribution in [1.82, 2.24) is 14.5 Å². The van der Waals surface area contributed by atoms with E-state index in [9.17, 15) is 10.4 Å². The Balaban J connectivity index is 0.00000578. The SMILES string of the molecule is CC(C)(C)c1ccc(-n2c(-c3cc(C(C)(C)C)cc(C(C)(C)C)c3O)nc3c(-c4[c-]c(-c5cc(-c6ccccc6)ccn5)c5oc6cc(C#N)ccc6c5c4)cccc32)c(-c2ccccc2)c1.[Pt]. The third-order valence-electron chi connectivity index (χ3n) is 12.9. The number of hydrogen-bond donors (Lipinski definition) is 1. The fourth-order valence-electron chi connectivity index (χ4n) is 9.19. The zero-order valence-electron chi connectivity index (χ0n) is 39.9. The predicted octanol–water partition coefficient (Wildman–Crippen LogP) is 15.9. The molecule has 3 aromatic heterocycles. The Morgan fingerprint density at radius 3 is 1.99 bits per heavy atom. The molecule has 0 aliphatic rings. The number of fused-ring (bicyclic) bond motifs is 4. The average molecular weight is 1070 g/mol. The molecule has 1 N–H and O–H groups in total. The van der Waals surface area contributed by atoms with Crippen LogP contribution in [0.3, 0.4) is 0 Å². The van der Waals surface area contributed by atoms with Crippen molar-refractivity contribution in [3.63, 3.8) is 0 Å². The van der Waals surface area contributed by atoms with Crippen LogP contribution >= 0.6 is 0 Å². The first-order chi connectivity index (χ1) is 32.0. The maximum Gasteiger partial charge on any atom is 0.148 e. The number of nitrogens with zero attached hydrogens (tertiary/aromatic N) is 4. The van der Waals surface area contributed by atoms with Crippen LogP contribution in [-0.4, -0.2) is 19.6 Å². The van der Waals surface area contributed by atoms with Gasteiger partial charge in [-0.15, -0.1) is 17.7 Å². The van der Waals surface area contributed by atoms with Crippen LogP contribution in [0, 0.1) is 17.4 Å². The summed E-state index contributed by atoms with van der Waals surface area (Å²) in [6.45, 7) is 19.8. The minimum Gasteiger partial charge on any atom is -0.507 e. The van der Waals surface area contributed by atoms with Crippen LogP contribution in [0.5, 0.6) is 5.75 Å². The molecule has 0 unspecified atom stereocenters. The van der Waals surface area contributed by atoms with Crippen molar-refractivity contribution in [2.24, 2.45) is 0 Å². The van der Waals surface area contributed by atoms with Gasteiger partial charge in [0.25, 0.3) is 0 Å². The van der Waals surface area contributed by atoms with Crippen molar-refractivity contribution in [3.05, 3.63) is 180 Å². The van der Waals surface area contributed by atoms with Gasteiger partial charge in [0.15, 0.2) is 0 Å². The van der Waals surface area contributed by atoms with Crippen molar-refractivity contribution in [3.8, 4) is 73.5 Å². The number of imidazole rings is 1. The van der Waals surface area contributed by atoms with Crippen molar-refractivity contribution in [2.45, 2.75) is 78.6 Å². The molecular formula is C61H53N4O2Pt-. The van der Waals surface area contributed by atoms with Gasteiger partial charge in [0, 0.05) is 49.5 Å². The Kier molecular flexibility index (Phi) is 11.7. The molecule has 0 aliphatic carbocycles. The van der Waals surface area contributed by atoms with Gasteiger partial charge >= 0.3 is 0 Å². The topological polar surface area (TPSA) is 87.9 Å². The monoisotopic (exact) mass is 1070 g/mol. The van der Waals surface area contributed by atoms with Crippen LogP contribution in [0.2, 0.25) is 0 Å². The Morgan fingerprint density at radius 2 is 1.31 bits per heavy atom. The summed E-state index contributed by atoms with van der Waals surface area (Å²) in [7, 11) is 0. The first-order valence-corrected chi connectivity index (χ1v) is 22.9. The number of para-hydroxylation sites is 1. The van der Waals surface area contributed by atoms with Gasteiger partial charge in [-0.3, -0.25) is 9.55 Å². The molecule has 7 aromatic carbocycles. The molecule has 0 amide bonds. The van der Waals surface area contributed by atoms with Crippen LogP contribution in [-0.2, 0) is 37.3 Å². The Hall–Kier alpha value is -7.06. The number of benzene rings is 7. The van der Waals surface area contributed by atoms with Crippen LogP contribution in [0.15, 0.2) is 156 Å². The third-order valence-corrected chi connectivity index (χ3v) is 12.9. The smallest absolute Gasteiger partial charge is 0.148 e. The zero-order valence-corrected chi connectivity index (χ0v) is 42.2. The first-order valence-electron chi connectivity index (χ1n) is 22.9. The third kappa shape index (κ3) is 8.24. The molecule has 340 valence electrons. The summed E-state index contributed by atoms with van der Waals surface area (Å²) in [6.07, 6.45) is 1.83. The molecule has 0 atom stereocenters. The number of rotatable bonds is 6. The molecule has 10 rings (SSSR count). The summed E-state index contributed by atoms with van der Waals surface area (Å²) in [4.78, 5) is 10.6. The molecule has 6 nitrogen and oxygen atoms in total. The molecule has 0 fully saturated rings. The molecule has 7 heteroatoms. The largest absolute Gasteiger partial charge is 0.507 e. The Labute approximate surface area is 413 Å². The average Bonchev–Trinajstić information content (AvgIpc) is 3.89. The second-order valence-electron chi connectivity index (χ2n) is 20.7. The van der Waals surface area contributed by atoms with E-state index >= 15 is 0 Å². The first kappa shape index (κ1) is 46.1. The van der Waals surface area contributed by atoms with E-state index < -0.39 is 0 Å². The maximum atomic E-state index is 12.6. The Bertz CT molecular complexity index is 3590. The van der Waals surface area contributed by atoms with Crippen LogP contribution in [0.4, 0.5) is 0 Å². The fraction of sp³-hybridized carbons (Fsp3) is 0.197. The number of pyridine rings is 1. The normalized spacial score (nSPS) is 12.1. The van der Waals surface area contributed by atoms with E-state index in [0.717, 1.165) is 72.0 Å². The number of furan rings is 1. The Morgan fingerprint density at radius 1 is 0.618 bits per heavy atom. The van der Waals surface area contributed by atoms with Gasteiger partial charge in [0.1, 0.15) is 17.2 Å². The van der Waals surface area contributed by atoms with E-state index in [2.05, 4.69) is 176 Å². The number of aromatic nitrogens is 3. The van der Waals surface area contributed by atoms with Gasteiger partial charge in [0.05, 0.1) is 39.5 Å². The van der Waals surface area contributed by atoms with E-state index in [4.69, 9.17) is 14.4 Å². The summed E-state index contributed by atoms with van der Waals surface area (Å²) in [6, 6.07) is 56.0. The minimum atomic E-state index is -0.361. The number of aromatic hydroxyl groups is 1. The van der Waals surface area contributed by atoms with E-state index in [1.54, 1.807) is 6.07 Å². The molecule has 0 spiro atoms. The maximum absolute atomic E-state index is 12.6. The summed E-state index contributed by atoms with van der Waals surface area (Å²) in [5.74, 6) is 0.848. The number of hydrogen-bond acceptors (Lipinski definition) is 5. The van der Waals surface area contributed by atoms with Gasteiger partial charge < -0.3 is 9.52 Å². The van der Waals surface area contributed by atoms with Crippen molar-refractivity contribution in [1.29, 1.82) is 5.26 Å². The molecule has 0 saturated heterocycles. The summed E-state index contributed by atoms with van der Waals surface area (Å²) >= 11 is 0. The van der Waals surface area contributed by atoms with Crippen molar-refractivity contribution < 1.29 is 30.6 Å². The molecule has 0 aliphatic heterocycles. The summed E-state index contributed by atoms with van der Waals surface area (Å²) in [5, 5.41) is 24.2. The molecule has 0 radical (unpaired) electrons. The molecular weight excluding hydrogens is 1020 g/mol. The van der Waals surface area contributed by atoms with E-state index in [-0.39, 0.29) is 43.1 Å². The van der Waals surface area contributed by atoms with Crippen LogP contribution in [0.1, 0.15) is 84.6 Å². The van der Waals surface area contributed by atoms with E-state index in [0.29, 0.717) is 39.4 Å². The van der Waals surface area contributed by atoms with Gasteiger partial charge in [-0.05, 0) is 91.9 Å². The number of nitriles is 1. The standard InChI is InChI=1S/C61H53N4O2.Pt/c1-59(2,3)42-24-26-52(46(33-42)39-19-14-11-15-20-39)65-53-22-16-21-44(55(53)64-58(65)49-34-43(60(4,5)6)35-50(56(49)66)61(7,8)9)41-30-47-45-25-23-37(36-62)29-54(45)67-57(47)48(31-41)51-32-40(27-28-63-51)38-17-12-10-13-18-38;/h10-30,32-35,66H,1-9H3;/q-1;. The summed E-state index contributed by atoms with van der Waals surface area (Å²) < 4.78 is 8.89. The molecule has 68 heavy (non-hydrogen) atoms. The number of phenols is 1. The van der Waals surface area contributed by atoms with Crippen LogP contribution < -0.4 is 0 Å². The van der Waals surface area contributed by atoms with Gasteiger partial charge in [-0.2, -0.15) is 5.26 Å². The molecule has 3 heterocycles. The number of phenolic OH excluding ortho intramolecular Hbond substituents is 1. The molecule has 0 bridgehead atoms. The predicted molar refractivity (Wildman–Crippen MR) is 275 cm³/mol. The van der Waals surface area contributed by atoms with Gasteiger partial charge in [0.2, 0.25) is 0 Å². The van der Waals surface area contributed by atoms with E-state index in [1.165, 1.54) is 5.56 Å². The molecule has 10 aromatic rings. The van der Waals surface area contributed by atoms with Crippen molar-refractivity contribution >= 4 is 33.0 Å². The fourth-order valence-corrected chi connectivity index (χ4v) is 9.19. The zero-order chi connectivity index (χ0) is 47.0. The molecule has 0 saturated carbocycles. The van der Waals surface area contributed by atoms with Gasteiger partial charge in [-0.25, -0.2) is 4.98 Å². The summed E-state index contributed by atoms with van der Waals surface area (Å²) in [5.41, 5.74) is 14.8.